The smallest absolute Gasteiger partial charge is 0.271 e. The van der Waals surface area contributed by atoms with Gasteiger partial charge in [-0.1, -0.05) is 36.4 Å². The number of carbonyl (C=O) groups excluding carboxylic acids is 3. The van der Waals surface area contributed by atoms with Gasteiger partial charge in [-0.05, 0) is 48.4 Å². The van der Waals surface area contributed by atoms with Crippen LogP contribution in [0.15, 0.2) is 72.8 Å². The van der Waals surface area contributed by atoms with E-state index in [1.54, 1.807) is 31.2 Å². The van der Waals surface area contributed by atoms with Gasteiger partial charge in [-0.3, -0.25) is 24.5 Å². The normalized spacial score (nSPS) is 23.2. The number of aryl methyl sites for hydroxylation is 1. The number of nitrogens with zero attached hydrogens (tertiary/aromatic N) is 3. The monoisotopic (exact) mass is 509 g/mol. The lowest BCUT2D eigenvalue weighted by Gasteiger charge is -2.36. The minimum Gasteiger partial charge on any atom is -0.497 e. The van der Waals surface area contributed by atoms with E-state index in [2.05, 4.69) is 0 Å². The van der Waals surface area contributed by atoms with Crippen LogP contribution in [0.3, 0.4) is 0 Å². The van der Waals surface area contributed by atoms with E-state index in [0.29, 0.717) is 16.9 Å². The van der Waals surface area contributed by atoms with Crippen molar-refractivity contribution in [1.82, 2.24) is 0 Å². The van der Waals surface area contributed by atoms with E-state index >= 15 is 0 Å². The first-order valence-electron chi connectivity index (χ1n) is 12.2. The highest BCUT2D eigenvalue weighted by atomic mass is 16.6. The Morgan fingerprint density at radius 2 is 1.66 bits per heavy atom. The summed E-state index contributed by atoms with van der Waals surface area (Å²) >= 11 is 0. The number of ketones is 1. The Bertz CT molecular complexity index is 1550. The van der Waals surface area contributed by atoms with Crippen LogP contribution in [0.1, 0.15) is 21.5 Å². The summed E-state index contributed by atoms with van der Waals surface area (Å²) in [5.41, 5.74) is 2.57. The molecule has 0 saturated carbocycles. The molecule has 3 aliphatic heterocycles. The highest BCUT2D eigenvalue weighted by Crippen LogP contribution is 2.50. The minimum atomic E-state index is -0.962. The van der Waals surface area contributed by atoms with E-state index in [-0.39, 0.29) is 17.2 Å². The van der Waals surface area contributed by atoms with Crippen molar-refractivity contribution >= 4 is 40.7 Å². The molecule has 3 aliphatic rings. The average molecular weight is 510 g/mol. The summed E-state index contributed by atoms with van der Waals surface area (Å²) in [4.78, 5) is 55.9. The van der Waals surface area contributed by atoms with E-state index in [0.717, 1.165) is 16.2 Å². The number of methoxy groups -OCH3 is 1. The SMILES string of the molecule is COc1ccc(C(=O)[C@@H]2[C@@H]3C(=O)N(c4cc([N+](=O)[O-])ccc4C)C(=O)[C@@H]3[C@@H]3C=Cc4ccccc4N23)cc1. The van der Waals surface area contributed by atoms with Crippen LogP contribution in [0.5, 0.6) is 5.75 Å². The Morgan fingerprint density at radius 1 is 0.947 bits per heavy atom. The molecule has 0 aromatic heterocycles. The molecule has 3 heterocycles. The van der Waals surface area contributed by atoms with Crippen molar-refractivity contribution < 1.29 is 24.0 Å². The largest absolute Gasteiger partial charge is 0.497 e. The van der Waals surface area contributed by atoms with Crippen LogP contribution in [-0.2, 0) is 9.59 Å². The molecule has 2 amide bonds. The van der Waals surface area contributed by atoms with Gasteiger partial charge in [-0.25, -0.2) is 4.90 Å². The number of fused-ring (bicyclic) bond motifs is 5. The molecule has 0 bridgehead atoms. The Hall–Kier alpha value is -4.79. The third kappa shape index (κ3) is 3.35. The maximum atomic E-state index is 14.1. The van der Waals surface area contributed by atoms with Gasteiger partial charge >= 0.3 is 0 Å². The first kappa shape index (κ1) is 23.6. The molecule has 190 valence electrons. The maximum Gasteiger partial charge on any atom is 0.271 e. The molecule has 9 heteroatoms. The van der Waals surface area contributed by atoms with Crippen LogP contribution in [0.25, 0.3) is 6.08 Å². The Kier molecular flexibility index (Phi) is 5.37. The molecule has 0 aliphatic carbocycles. The van der Waals surface area contributed by atoms with E-state index < -0.39 is 40.7 Å². The number of imide groups is 1. The highest BCUT2D eigenvalue weighted by molar-refractivity contribution is 6.26. The van der Waals surface area contributed by atoms with Crippen LogP contribution < -0.4 is 14.5 Å². The number of benzene rings is 3. The average Bonchev–Trinajstić information content (AvgIpc) is 3.41. The number of para-hydroxylation sites is 1. The fourth-order valence-corrected chi connectivity index (χ4v) is 5.93. The number of Topliss-reactive ketones (excluding diaryl/α,β-unsaturated/α-hetero) is 1. The third-order valence-corrected chi connectivity index (χ3v) is 7.70. The van der Waals surface area contributed by atoms with Crippen molar-refractivity contribution in [3.8, 4) is 5.75 Å². The van der Waals surface area contributed by atoms with Gasteiger partial charge in [0.1, 0.15) is 11.8 Å². The number of carbonyl (C=O) groups is 3. The molecule has 0 N–H and O–H groups in total. The zero-order valence-corrected chi connectivity index (χ0v) is 20.6. The highest BCUT2D eigenvalue weighted by Gasteiger charge is 2.64. The predicted molar refractivity (Wildman–Crippen MR) is 140 cm³/mol. The van der Waals surface area contributed by atoms with Crippen molar-refractivity contribution in [2.75, 3.05) is 16.9 Å². The predicted octanol–water partition coefficient (Wildman–Crippen LogP) is 4.18. The molecule has 2 saturated heterocycles. The Morgan fingerprint density at radius 3 is 2.37 bits per heavy atom. The molecular formula is C29H23N3O6. The van der Waals surface area contributed by atoms with Gasteiger partial charge in [0.05, 0.1) is 35.6 Å². The molecule has 0 spiro atoms. The molecule has 4 atom stereocenters. The molecule has 9 nitrogen and oxygen atoms in total. The fourth-order valence-electron chi connectivity index (χ4n) is 5.93. The maximum absolute atomic E-state index is 14.1. The zero-order valence-electron chi connectivity index (χ0n) is 20.6. The second-order valence-corrected chi connectivity index (χ2v) is 9.64. The lowest BCUT2D eigenvalue weighted by molar-refractivity contribution is -0.384. The first-order valence-corrected chi connectivity index (χ1v) is 12.2. The molecule has 38 heavy (non-hydrogen) atoms. The summed E-state index contributed by atoms with van der Waals surface area (Å²) < 4.78 is 5.22. The van der Waals surface area contributed by atoms with E-state index in [1.807, 2.05) is 41.3 Å². The first-order chi connectivity index (χ1) is 18.3. The van der Waals surface area contributed by atoms with Crippen LogP contribution in [0.4, 0.5) is 17.1 Å². The second-order valence-electron chi connectivity index (χ2n) is 9.64. The number of nitro groups is 1. The van der Waals surface area contributed by atoms with Crippen molar-refractivity contribution in [2.24, 2.45) is 11.8 Å². The van der Waals surface area contributed by atoms with Gasteiger partial charge < -0.3 is 9.64 Å². The van der Waals surface area contributed by atoms with Crippen LogP contribution in [0, 0.1) is 28.9 Å². The van der Waals surface area contributed by atoms with Gasteiger partial charge in [0.2, 0.25) is 11.8 Å². The van der Waals surface area contributed by atoms with Crippen LogP contribution in [-0.4, -0.2) is 41.7 Å². The second kappa shape index (κ2) is 8.65. The lowest BCUT2D eigenvalue weighted by atomic mass is 9.86. The molecule has 0 radical (unpaired) electrons. The number of non-ortho nitro benzene ring substituents is 1. The summed E-state index contributed by atoms with van der Waals surface area (Å²) in [6.07, 6.45) is 3.78. The topological polar surface area (TPSA) is 110 Å². The molecule has 2 fully saturated rings. The minimum absolute atomic E-state index is 0.172. The van der Waals surface area contributed by atoms with Crippen molar-refractivity contribution in [3.05, 3.63) is 99.6 Å². The third-order valence-electron chi connectivity index (χ3n) is 7.70. The molecule has 3 aromatic carbocycles. The quantitative estimate of drug-likeness (QED) is 0.220. The van der Waals surface area contributed by atoms with Gasteiger partial charge in [-0.15, -0.1) is 0 Å². The summed E-state index contributed by atoms with van der Waals surface area (Å²) in [5.74, 6) is -2.47. The number of ether oxygens (including phenoxy) is 1. The standard InChI is InChI=1S/C29H23N3O6/c1-16-7-11-19(32(36)37)15-23(16)31-28(34)24-22-14-10-17-5-3-4-6-21(17)30(22)26(25(24)29(31)35)27(33)18-8-12-20(38-2)13-9-18/h3-15,22,24-26H,1-2H3/t22-,24+,25+,26-/m0/s1. The summed E-state index contributed by atoms with van der Waals surface area (Å²) in [6, 6.07) is 16.9. The van der Waals surface area contributed by atoms with Crippen LogP contribution >= 0.6 is 0 Å². The number of anilines is 2. The summed E-state index contributed by atoms with van der Waals surface area (Å²) in [5, 5.41) is 11.4. The number of amides is 2. The fraction of sp³-hybridized carbons (Fsp3) is 0.207. The van der Waals surface area contributed by atoms with E-state index in [4.69, 9.17) is 4.74 Å². The van der Waals surface area contributed by atoms with E-state index in [9.17, 15) is 24.5 Å². The summed E-state index contributed by atoms with van der Waals surface area (Å²) in [6.45, 7) is 1.69. The van der Waals surface area contributed by atoms with Gasteiger partial charge in [0.15, 0.2) is 5.78 Å². The molecular weight excluding hydrogens is 486 g/mol. The molecule has 3 aromatic rings. The number of hydrogen-bond acceptors (Lipinski definition) is 7. The zero-order chi connectivity index (χ0) is 26.7. The molecule has 6 rings (SSSR count). The Balaban J connectivity index is 1.49. The lowest BCUT2D eigenvalue weighted by Crippen LogP contribution is -2.49. The summed E-state index contributed by atoms with van der Waals surface area (Å²) in [7, 11) is 1.54. The van der Waals surface area contributed by atoms with E-state index in [1.165, 1.54) is 25.3 Å². The number of nitro benzene ring substituents is 1. The molecule has 0 unspecified atom stereocenters. The van der Waals surface area contributed by atoms with Crippen molar-refractivity contribution in [1.29, 1.82) is 0 Å². The Labute approximate surface area is 218 Å². The van der Waals surface area contributed by atoms with Gasteiger partial charge in [-0.2, -0.15) is 0 Å². The van der Waals surface area contributed by atoms with Crippen molar-refractivity contribution in [3.63, 3.8) is 0 Å². The van der Waals surface area contributed by atoms with Gasteiger partial charge in [0, 0.05) is 23.4 Å². The van der Waals surface area contributed by atoms with Crippen LogP contribution in [0.2, 0.25) is 0 Å². The van der Waals surface area contributed by atoms with Gasteiger partial charge in [0.25, 0.3) is 5.69 Å². The number of hydrogen-bond donors (Lipinski definition) is 0. The number of rotatable bonds is 5. The van der Waals surface area contributed by atoms with Crippen molar-refractivity contribution in [2.45, 2.75) is 19.0 Å².